The van der Waals surface area contributed by atoms with E-state index >= 15 is 0 Å². The second-order valence-electron chi connectivity index (χ2n) is 5.21. The minimum absolute atomic E-state index is 0.393. The van der Waals surface area contributed by atoms with Crippen LogP contribution in [-0.4, -0.2) is 22.2 Å². The summed E-state index contributed by atoms with van der Waals surface area (Å²) in [6.45, 7) is 7.47. The van der Waals surface area contributed by atoms with Crippen LogP contribution < -0.4 is 5.73 Å². The Kier molecular flexibility index (Phi) is 4.14. The van der Waals surface area contributed by atoms with Gasteiger partial charge < -0.3 is 15.4 Å². The van der Waals surface area contributed by atoms with E-state index in [9.17, 15) is 9.90 Å². The molecule has 1 heterocycles. The van der Waals surface area contributed by atoms with E-state index in [0.717, 1.165) is 41.5 Å². The number of aryl methyl sites for hydroxylation is 3. The van der Waals surface area contributed by atoms with Crippen molar-refractivity contribution in [2.24, 2.45) is 5.73 Å². The Hall–Kier alpha value is -1.81. The van der Waals surface area contributed by atoms with Crippen LogP contribution in [0, 0.1) is 13.8 Å². The van der Waals surface area contributed by atoms with Crippen LogP contribution in [-0.2, 0) is 13.0 Å². The van der Waals surface area contributed by atoms with Crippen molar-refractivity contribution in [2.45, 2.75) is 40.2 Å². The highest BCUT2D eigenvalue weighted by atomic mass is 16.4. The Morgan fingerprint density at radius 3 is 2.60 bits per heavy atom. The van der Waals surface area contributed by atoms with Crippen molar-refractivity contribution in [1.29, 1.82) is 0 Å². The van der Waals surface area contributed by atoms with Crippen LogP contribution in [0.3, 0.4) is 0 Å². The third-order valence-corrected chi connectivity index (χ3v) is 3.87. The molecule has 0 bridgehead atoms. The van der Waals surface area contributed by atoms with Crippen molar-refractivity contribution in [3.05, 3.63) is 34.5 Å². The maximum atomic E-state index is 11.5. The third-order valence-electron chi connectivity index (χ3n) is 3.87. The van der Waals surface area contributed by atoms with E-state index in [4.69, 9.17) is 5.73 Å². The molecule has 2 rings (SSSR count). The number of rotatable bonds is 5. The minimum atomic E-state index is -0.865. The number of aromatic carboxylic acids is 1. The number of hydrogen-bond acceptors (Lipinski definition) is 2. The Labute approximate surface area is 119 Å². The zero-order valence-electron chi connectivity index (χ0n) is 12.4. The summed E-state index contributed by atoms with van der Waals surface area (Å²) in [6, 6.07) is 3.84. The Balaban J connectivity index is 2.81. The molecule has 2 aromatic rings. The monoisotopic (exact) mass is 274 g/mol. The molecular weight excluding hydrogens is 252 g/mol. The minimum Gasteiger partial charge on any atom is -0.478 e. The highest BCUT2D eigenvalue weighted by Gasteiger charge is 2.19. The van der Waals surface area contributed by atoms with Crippen LogP contribution in [0.5, 0.6) is 0 Å². The number of aromatic nitrogens is 1. The van der Waals surface area contributed by atoms with Gasteiger partial charge in [-0.1, -0.05) is 0 Å². The lowest BCUT2D eigenvalue weighted by molar-refractivity contribution is 0.0698. The topological polar surface area (TPSA) is 68.2 Å². The van der Waals surface area contributed by atoms with Crippen LogP contribution in [0.15, 0.2) is 12.1 Å². The summed E-state index contributed by atoms with van der Waals surface area (Å²) in [6.07, 6.45) is 1.81. The molecule has 0 unspecified atom stereocenters. The van der Waals surface area contributed by atoms with Crippen LogP contribution in [0.25, 0.3) is 10.9 Å². The average molecular weight is 274 g/mol. The summed E-state index contributed by atoms with van der Waals surface area (Å²) >= 11 is 0. The Bertz CT molecular complexity index is 656. The molecule has 0 atom stereocenters. The van der Waals surface area contributed by atoms with Crippen molar-refractivity contribution < 1.29 is 9.90 Å². The van der Waals surface area contributed by atoms with E-state index in [2.05, 4.69) is 17.6 Å². The van der Waals surface area contributed by atoms with Gasteiger partial charge in [0.15, 0.2) is 0 Å². The number of nitrogens with zero attached hydrogens (tertiary/aromatic N) is 1. The first kappa shape index (κ1) is 14.6. The smallest absolute Gasteiger partial charge is 0.337 e. The summed E-state index contributed by atoms with van der Waals surface area (Å²) in [5.74, 6) is -0.865. The first-order chi connectivity index (χ1) is 9.51. The number of nitrogens with two attached hydrogens (primary N) is 1. The second kappa shape index (κ2) is 5.67. The normalized spacial score (nSPS) is 11.2. The van der Waals surface area contributed by atoms with Crippen LogP contribution in [0.4, 0.5) is 0 Å². The van der Waals surface area contributed by atoms with Crippen molar-refractivity contribution in [2.75, 3.05) is 6.54 Å². The fourth-order valence-electron chi connectivity index (χ4n) is 2.98. The lowest BCUT2D eigenvalue weighted by atomic mass is 10.0. The molecule has 0 aliphatic rings. The molecule has 0 fully saturated rings. The molecule has 0 amide bonds. The van der Waals surface area contributed by atoms with Crippen molar-refractivity contribution in [3.63, 3.8) is 0 Å². The Morgan fingerprint density at radius 2 is 2.05 bits per heavy atom. The van der Waals surface area contributed by atoms with Crippen LogP contribution in [0.1, 0.15) is 40.5 Å². The lowest BCUT2D eigenvalue weighted by Crippen LogP contribution is -2.04. The molecule has 20 heavy (non-hydrogen) atoms. The predicted octanol–water partition coefficient (Wildman–Crippen LogP) is 2.87. The average Bonchev–Trinajstić information content (AvgIpc) is 2.66. The quantitative estimate of drug-likeness (QED) is 0.881. The molecule has 108 valence electrons. The maximum Gasteiger partial charge on any atom is 0.337 e. The zero-order chi connectivity index (χ0) is 14.9. The molecule has 0 aliphatic heterocycles. The molecule has 1 aromatic carbocycles. The first-order valence-corrected chi connectivity index (χ1v) is 7.06. The Morgan fingerprint density at radius 1 is 1.35 bits per heavy atom. The predicted molar refractivity (Wildman–Crippen MR) is 81.4 cm³/mol. The van der Waals surface area contributed by atoms with Gasteiger partial charge in [-0.05, 0) is 63.4 Å². The largest absolute Gasteiger partial charge is 0.478 e. The van der Waals surface area contributed by atoms with Gasteiger partial charge in [0.05, 0.1) is 11.1 Å². The number of carboxylic acids is 1. The molecule has 4 nitrogen and oxygen atoms in total. The lowest BCUT2D eigenvalue weighted by Gasteiger charge is -2.07. The SMILES string of the molecule is CCn1c(C)c(CCCN)c2cc(C)cc(C(=O)O)c21. The van der Waals surface area contributed by atoms with E-state index in [1.807, 2.05) is 13.8 Å². The molecule has 3 N–H and O–H groups in total. The fourth-order valence-corrected chi connectivity index (χ4v) is 2.98. The van der Waals surface area contributed by atoms with E-state index in [1.54, 1.807) is 6.07 Å². The van der Waals surface area contributed by atoms with Gasteiger partial charge in [-0.2, -0.15) is 0 Å². The summed E-state index contributed by atoms with van der Waals surface area (Å²) in [5, 5.41) is 10.5. The van der Waals surface area contributed by atoms with E-state index in [1.165, 1.54) is 5.56 Å². The van der Waals surface area contributed by atoms with Crippen molar-refractivity contribution >= 4 is 16.9 Å². The van der Waals surface area contributed by atoms with Gasteiger partial charge in [0, 0.05) is 17.6 Å². The standard InChI is InChI=1S/C16H22N2O2/c1-4-18-11(3)12(6-5-7-17)13-8-10(2)9-14(15(13)18)16(19)20/h8-9H,4-7,17H2,1-3H3,(H,19,20). The van der Waals surface area contributed by atoms with Crippen molar-refractivity contribution in [1.82, 2.24) is 4.57 Å². The van der Waals surface area contributed by atoms with Gasteiger partial charge >= 0.3 is 5.97 Å². The van der Waals surface area contributed by atoms with Crippen LogP contribution in [0.2, 0.25) is 0 Å². The number of fused-ring (bicyclic) bond motifs is 1. The van der Waals surface area contributed by atoms with Gasteiger partial charge in [0.2, 0.25) is 0 Å². The molecular formula is C16H22N2O2. The van der Waals surface area contributed by atoms with Gasteiger partial charge in [-0.15, -0.1) is 0 Å². The highest BCUT2D eigenvalue weighted by molar-refractivity contribution is 6.04. The molecule has 4 heteroatoms. The molecule has 0 saturated carbocycles. The van der Waals surface area contributed by atoms with Crippen molar-refractivity contribution in [3.8, 4) is 0 Å². The van der Waals surface area contributed by atoms with Gasteiger partial charge in [-0.25, -0.2) is 4.79 Å². The number of carbonyl (C=O) groups is 1. The summed E-state index contributed by atoms with van der Waals surface area (Å²) in [4.78, 5) is 11.5. The molecule has 1 aromatic heterocycles. The second-order valence-corrected chi connectivity index (χ2v) is 5.21. The summed E-state index contributed by atoms with van der Waals surface area (Å²) in [5.41, 5.74) is 10.2. The fraction of sp³-hybridized carbons (Fsp3) is 0.438. The van der Waals surface area contributed by atoms with E-state index in [-0.39, 0.29) is 0 Å². The van der Waals surface area contributed by atoms with Gasteiger partial charge in [0.1, 0.15) is 0 Å². The third kappa shape index (κ3) is 2.31. The zero-order valence-corrected chi connectivity index (χ0v) is 12.4. The molecule has 0 spiro atoms. The molecule has 0 radical (unpaired) electrons. The molecule has 0 saturated heterocycles. The van der Waals surface area contributed by atoms with Gasteiger partial charge in [-0.3, -0.25) is 0 Å². The van der Waals surface area contributed by atoms with Crippen LogP contribution >= 0.6 is 0 Å². The van der Waals surface area contributed by atoms with Gasteiger partial charge in [0.25, 0.3) is 0 Å². The number of carboxylic acid groups (broad SMARTS) is 1. The maximum absolute atomic E-state index is 11.5. The van der Waals surface area contributed by atoms with E-state index in [0.29, 0.717) is 12.1 Å². The summed E-state index contributed by atoms with van der Waals surface area (Å²) in [7, 11) is 0. The number of benzene rings is 1. The highest BCUT2D eigenvalue weighted by Crippen LogP contribution is 2.31. The summed E-state index contributed by atoms with van der Waals surface area (Å²) < 4.78 is 2.10. The number of hydrogen-bond donors (Lipinski definition) is 2. The van der Waals surface area contributed by atoms with E-state index < -0.39 is 5.97 Å². The first-order valence-electron chi connectivity index (χ1n) is 7.06. The molecule has 0 aliphatic carbocycles.